The van der Waals surface area contributed by atoms with E-state index in [1.807, 2.05) is 0 Å². The van der Waals surface area contributed by atoms with Gasteiger partial charge < -0.3 is 10.2 Å². The van der Waals surface area contributed by atoms with Gasteiger partial charge in [0.05, 0.1) is 5.92 Å². The van der Waals surface area contributed by atoms with Gasteiger partial charge in [-0.2, -0.15) is 0 Å². The number of rotatable bonds is 2. The van der Waals surface area contributed by atoms with Crippen molar-refractivity contribution in [1.82, 2.24) is 10.2 Å². The van der Waals surface area contributed by atoms with Crippen molar-refractivity contribution >= 4 is 18.3 Å². The van der Waals surface area contributed by atoms with Crippen LogP contribution in [0.3, 0.4) is 0 Å². The van der Waals surface area contributed by atoms with Gasteiger partial charge >= 0.3 is 0 Å². The van der Waals surface area contributed by atoms with Crippen molar-refractivity contribution in [2.75, 3.05) is 26.2 Å². The van der Waals surface area contributed by atoms with Gasteiger partial charge in [0.15, 0.2) is 0 Å². The molecule has 4 heteroatoms. The van der Waals surface area contributed by atoms with Crippen LogP contribution in [0.1, 0.15) is 37.2 Å². The highest BCUT2D eigenvalue weighted by atomic mass is 35.5. The zero-order chi connectivity index (χ0) is 13.8. The minimum Gasteiger partial charge on any atom is -0.342 e. The number of halogens is 1. The molecule has 0 bridgehead atoms. The highest BCUT2D eigenvalue weighted by Gasteiger charge is 2.28. The lowest BCUT2D eigenvalue weighted by Crippen LogP contribution is -2.37. The highest BCUT2D eigenvalue weighted by molar-refractivity contribution is 5.85. The molecule has 2 saturated heterocycles. The van der Waals surface area contributed by atoms with Gasteiger partial charge in [-0.15, -0.1) is 12.4 Å². The zero-order valence-electron chi connectivity index (χ0n) is 12.5. The summed E-state index contributed by atoms with van der Waals surface area (Å²) in [4.78, 5) is 14.6. The maximum absolute atomic E-state index is 12.5. The summed E-state index contributed by atoms with van der Waals surface area (Å²) in [5.41, 5.74) is 1.43. The molecular formula is C17H25ClN2O. The normalized spacial score (nSPS) is 26.0. The number of hydrogen-bond donors (Lipinski definition) is 1. The second kappa shape index (κ2) is 7.81. The topological polar surface area (TPSA) is 32.3 Å². The molecule has 1 aromatic rings. The number of carbonyl (C=O) groups is 1. The largest absolute Gasteiger partial charge is 0.342 e. The third-order valence-corrected chi connectivity index (χ3v) is 4.72. The SMILES string of the molecule is Cl.O=C(C1CCNC1)N1CCCC(c2ccccc2)CC1. The number of likely N-dealkylation sites (tertiary alicyclic amines) is 1. The molecule has 0 radical (unpaired) electrons. The Bertz CT molecular complexity index is 445. The Morgan fingerprint density at radius 3 is 2.62 bits per heavy atom. The van der Waals surface area contributed by atoms with E-state index < -0.39 is 0 Å². The first-order valence-corrected chi connectivity index (χ1v) is 7.89. The van der Waals surface area contributed by atoms with Crippen LogP contribution < -0.4 is 5.32 Å². The van der Waals surface area contributed by atoms with Gasteiger partial charge in [0.2, 0.25) is 5.91 Å². The number of benzene rings is 1. The van der Waals surface area contributed by atoms with Crippen molar-refractivity contribution in [3.05, 3.63) is 35.9 Å². The first-order chi connectivity index (χ1) is 9.84. The predicted octanol–water partition coefficient (Wildman–Crippen LogP) is 2.81. The molecule has 21 heavy (non-hydrogen) atoms. The molecule has 1 aromatic carbocycles. The average Bonchev–Trinajstić information content (AvgIpc) is 2.92. The Kier molecular flexibility index (Phi) is 6.07. The molecule has 2 unspecified atom stereocenters. The Balaban J connectivity index is 0.00000161. The van der Waals surface area contributed by atoms with E-state index in [1.165, 1.54) is 12.0 Å². The van der Waals surface area contributed by atoms with Crippen LogP contribution in [-0.4, -0.2) is 37.0 Å². The summed E-state index contributed by atoms with van der Waals surface area (Å²) in [6.45, 7) is 3.74. The van der Waals surface area contributed by atoms with Gasteiger partial charge in [-0.3, -0.25) is 4.79 Å². The van der Waals surface area contributed by atoms with E-state index in [-0.39, 0.29) is 18.3 Å². The van der Waals surface area contributed by atoms with Crippen molar-refractivity contribution in [2.45, 2.75) is 31.6 Å². The fraction of sp³-hybridized carbons (Fsp3) is 0.588. The smallest absolute Gasteiger partial charge is 0.227 e. The average molecular weight is 309 g/mol. The zero-order valence-corrected chi connectivity index (χ0v) is 13.3. The summed E-state index contributed by atoms with van der Waals surface area (Å²) in [7, 11) is 0. The molecule has 116 valence electrons. The third-order valence-electron chi connectivity index (χ3n) is 4.72. The van der Waals surface area contributed by atoms with Crippen LogP contribution in [0.4, 0.5) is 0 Å². The minimum absolute atomic E-state index is 0. The van der Waals surface area contributed by atoms with Crippen LogP contribution in [0.25, 0.3) is 0 Å². The first-order valence-electron chi connectivity index (χ1n) is 7.89. The quantitative estimate of drug-likeness (QED) is 0.911. The van der Waals surface area contributed by atoms with Crippen molar-refractivity contribution in [1.29, 1.82) is 0 Å². The van der Waals surface area contributed by atoms with Crippen LogP contribution in [0.15, 0.2) is 30.3 Å². The van der Waals surface area contributed by atoms with E-state index in [2.05, 4.69) is 40.5 Å². The second-order valence-corrected chi connectivity index (χ2v) is 6.05. The molecule has 3 nitrogen and oxygen atoms in total. The molecule has 2 heterocycles. The van der Waals surface area contributed by atoms with Gasteiger partial charge in [-0.1, -0.05) is 30.3 Å². The number of hydrogen-bond acceptors (Lipinski definition) is 2. The summed E-state index contributed by atoms with van der Waals surface area (Å²) in [6.07, 6.45) is 4.45. The summed E-state index contributed by atoms with van der Waals surface area (Å²) in [5, 5.41) is 3.30. The fourth-order valence-electron chi connectivity index (χ4n) is 3.50. The summed E-state index contributed by atoms with van der Waals surface area (Å²) < 4.78 is 0. The Morgan fingerprint density at radius 1 is 1.10 bits per heavy atom. The maximum Gasteiger partial charge on any atom is 0.227 e. The molecule has 0 aliphatic carbocycles. The van der Waals surface area contributed by atoms with E-state index in [9.17, 15) is 4.79 Å². The van der Waals surface area contributed by atoms with E-state index >= 15 is 0 Å². The van der Waals surface area contributed by atoms with Crippen LogP contribution >= 0.6 is 12.4 Å². The van der Waals surface area contributed by atoms with Gasteiger partial charge in [0.1, 0.15) is 0 Å². The lowest BCUT2D eigenvalue weighted by molar-refractivity contribution is -0.134. The van der Waals surface area contributed by atoms with Crippen molar-refractivity contribution in [2.24, 2.45) is 5.92 Å². The van der Waals surface area contributed by atoms with E-state index in [4.69, 9.17) is 0 Å². The third kappa shape index (κ3) is 3.98. The number of amides is 1. The Hall–Kier alpha value is -1.06. The number of carbonyl (C=O) groups excluding carboxylic acids is 1. The molecule has 0 saturated carbocycles. The molecule has 1 amide bonds. The van der Waals surface area contributed by atoms with Crippen molar-refractivity contribution in [3.63, 3.8) is 0 Å². The van der Waals surface area contributed by atoms with Gasteiger partial charge in [-0.05, 0) is 43.7 Å². The van der Waals surface area contributed by atoms with Crippen LogP contribution in [0.2, 0.25) is 0 Å². The van der Waals surface area contributed by atoms with Crippen LogP contribution in [-0.2, 0) is 4.79 Å². The van der Waals surface area contributed by atoms with Crippen molar-refractivity contribution < 1.29 is 4.79 Å². The van der Waals surface area contributed by atoms with Crippen molar-refractivity contribution in [3.8, 4) is 0 Å². The van der Waals surface area contributed by atoms with Crippen LogP contribution in [0.5, 0.6) is 0 Å². The Morgan fingerprint density at radius 2 is 1.90 bits per heavy atom. The first kappa shape index (κ1) is 16.3. The monoisotopic (exact) mass is 308 g/mol. The molecule has 0 spiro atoms. The molecule has 2 atom stereocenters. The van der Waals surface area contributed by atoms with E-state index in [0.29, 0.717) is 11.8 Å². The van der Waals surface area contributed by atoms with Gasteiger partial charge in [0.25, 0.3) is 0 Å². The highest BCUT2D eigenvalue weighted by Crippen LogP contribution is 2.28. The lowest BCUT2D eigenvalue weighted by atomic mass is 9.92. The molecule has 2 aliphatic rings. The van der Waals surface area contributed by atoms with Gasteiger partial charge in [-0.25, -0.2) is 0 Å². The summed E-state index contributed by atoms with van der Waals surface area (Å²) in [5.74, 6) is 1.22. The fourth-order valence-corrected chi connectivity index (χ4v) is 3.50. The summed E-state index contributed by atoms with van der Waals surface area (Å²) in [6, 6.07) is 10.8. The second-order valence-electron chi connectivity index (χ2n) is 6.05. The molecule has 2 aliphatic heterocycles. The maximum atomic E-state index is 12.5. The standard InChI is InChI=1S/C17H24N2O.ClH/c20-17(16-8-10-18-13-16)19-11-4-7-15(9-12-19)14-5-2-1-3-6-14;/h1-3,5-6,15-16,18H,4,7-13H2;1H. The molecule has 3 rings (SSSR count). The van der Waals surface area contributed by atoms with E-state index in [1.54, 1.807) is 0 Å². The molecular weight excluding hydrogens is 284 g/mol. The molecule has 1 N–H and O–H groups in total. The predicted molar refractivity (Wildman–Crippen MR) is 87.8 cm³/mol. The van der Waals surface area contributed by atoms with Crippen LogP contribution in [0, 0.1) is 5.92 Å². The number of nitrogens with zero attached hydrogens (tertiary/aromatic N) is 1. The summed E-state index contributed by atoms with van der Waals surface area (Å²) >= 11 is 0. The van der Waals surface area contributed by atoms with E-state index in [0.717, 1.165) is 45.4 Å². The number of nitrogens with one attached hydrogen (secondary N) is 1. The minimum atomic E-state index is 0. The lowest BCUT2D eigenvalue weighted by Gasteiger charge is -2.23. The molecule has 2 fully saturated rings. The molecule has 0 aromatic heterocycles. The van der Waals surface area contributed by atoms with Gasteiger partial charge in [0, 0.05) is 19.6 Å². The Labute approximate surface area is 133 Å².